The number of benzene rings is 1. The molecule has 2 heterocycles. The number of nitrogens with zero attached hydrogens (tertiary/aromatic N) is 4. The summed E-state index contributed by atoms with van der Waals surface area (Å²) in [6.45, 7) is 0. The van der Waals surface area contributed by atoms with E-state index in [1.807, 2.05) is 18.4 Å². The fourth-order valence-corrected chi connectivity index (χ4v) is 2.09. The van der Waals surface area contributed by atoms with Crippen LogP contribution >= 0.6 is 11.8 Å². The van der Waals surface area contributed by atoms with Gasteiger partial charge in [0, 0.05) is 11.8 Å². The minimum absolute atomic E-state index is 0.214. The third kappa shape index (κ3) is 1.70. The van der Waals surface area contributed by atoms with Gasteiger partial charge >= 0.3 is 0 Å². The fourth-order valence-electron chi connectivity index (χ4n) is 1.76. The largest absolute Gasteiger partial charge is 0.507 e. The molecule has 3 rings (SSSR count). The summed E-state index contributed by atoms with van der Waals surface area (Å²) in [4.78, 5) is 8.43. The molecule has 3 aromatic rings. The summed E-state index contributed by atoms with van der Waals surface area (Å²) in [5, 5.41) is 14.9. The van der Waals surface area contributed by atoms with E-state index >= 15 is 0 Å². The molecular formula is C12H10N4OS. The molecule has 90 valence electrons. The number of aromatic hydroxyl groups is 1. The lowest BCUT2D eigenvalue weighted by Crippen LogP contribution is -1.95. The van der Waals surface area contributed by atoms with Crippen LogP contribution in [0.5, 0.6) is 5.75 Å². The van der Waals surface area contributed by atoms with Crippen LogP contribution in [0.15, 0.2) is 41.7 Å². The Morgan fingerprint density at radius 3 is 2.83 bits per heavy atom. The standard InChI is InChI=1S/C12H10N4OS/c1-18-12-14-11-13-7-6-9(16(11)15-12)8-4-2-3-5-10(8)17/h2-7,17H,1H3. The van der Waals surface area contributed by atoms with E-state index in [4.69, 9.17) is 0 Å². The molecule has 0 saturated heterocycles. The molecule has 0 unspecified atom stereocenters. The molecule has 0 amide bonds. The molecule has 0 radical (unpaired) electrons. The lowest BCUT2D eigenvalue weighted by molar-refractivity contribution is 0.477. The quantitative estimate of drug-likeness (QED) is 0.714. The van der Waals surface area contributed by atoms with Crippen LogP contribution in [0.1, 0.15) is 0 Å². The maximum atomic E-state index is 9.90. The van der Waals surface area contributed by atoms with Gasteiger partial charge in [-0.2, -0.15) is 9.50 Å². The van der Waals surface area contributed by atoms with Gasteiger partial charge in [0.15, 0.2) is 0 Å². The predicted molar refractivity (Wildman–Crippen MR) is 69.7 cm³/mol. The Morgan fingerprint density at radius 1 is 1.22 bits per heavy atom. The maximum absolute atomic E-state index is 9.90. The molecule has 5 nitrogen and oxygen atoms in total. The molecule has 0 spiro atoms. The number of hydrogen-bond donors (Lipinski definition) is 1. The Balaban J connectivity index is 2.29. The number of rotatable bonds is 2. The monoisotopic (exact) mass is 258 g/mol. The Kier molecular flexibility index (Phi) is 2.64. The van der Waals surface area contributed by atoms with Crippen molar-refractivity contribution in [1.82, 2.24) is 19.6 Å². The molecule has 6 heteroatoms. The molecule has 18 heavy (non-hydrogen) atoms. The summed E-state index contributed by atoms with van der Waals surface area (Å²) in [5.74, 6) is 0.742. The van der Waals surface area contributed by atoms with Crippen LogP contribution in [0.4, 0.5) is 0 Å². The summed E-state index contributed by atoms with van der Waals surface area (Å²) in [6, 6.07) is 8.94. The van der Waals surface area contributed by atoms with Crippen LogP contribution in [0, 0.1) is 0 Å². The highest BCUT2D eigenvalue weighted by molar-refractivity contribution is 7.98. The second-order valence-electron chi connectivity index (χ2n) is 3.66. The zero-order chi connectivity index (χ0) is 12.5. The van der Waals surface area contributed by atoms with Crippen molar-refractivity contribution >= 4 is 17.5 Å². The van der Waals surface area contributed by atoms with Gasteiger partial charge in [0.25, 0.3) is 5.78 Å². The van der Waals surface area contributed by atoms with Crippen LogP contribution in [-0.2, 0) is 0 Å². The Hall–Kier alpha value is -2.08. The zero-order valence-corrected chi connectivity index (χ0v) is 10.4. The highest BCUT2D eigenvalue weighted by Crippen LogP contribution is 2.28. The molecular weight excluding hydrogens is 248 g/mol. The third-order valence-electron chi connectivity index (χ3n) is 2.58. The van der Waals surface area contributed by atoms with E-state index < -0.39 is 0 Å². The fraction of sp³-hybridized carbons (Fsp3) is 0.0833. The van der Waals surface area contributed by atoms with Gasteiger partial charge in [-0.3, -0.25) is 0 Å². The van der Waals surface area contributed by atoms with Crippen molar-refractivity contribution in [2.45, 2.75) is 5.16 Å². The summed E-state index contributed by atoms with van der Waals surface area (Å²) in [5.41, 5.74) is 1.48. The molecule has 0 bridgehead atoms. The SMILES string of the molecule is CSc1nc2nccc(-c3ccccc3O)n2n1. The average Bonchev–Trinajstić information content (AvgIpc) is 2.82. The minimum Gasteiger partial charge on any atom is -0.507 e. The van der Waals surface area contributed by atoms with Crippen LogP contribution in [0.3, 0.4) is 0 Å². The van der Waals surface area contributed by atoms with E-state index in [-0.39, 0.29) is 5.75 Å². The molecule has 0 aliphatic rings. The topological polar surface area (TPSA) is 63.3 Å². The maximum Gasteiger partial charge on any atom is 0.253 e. The Bertz CT molecular complexity index is 710. The number of phenols is 1. The van der Waals surface area contributed by atoms with Gasteiger partial charge in [0.05, 0.1) is 5.69 Å². The summed E-state index contributed by atoms with van der Waals surface area (Å²) >= 11 is 1.46. The second kappa shape index (κ2) is 4.30. The smallest absolute Gasteiger partial charge is 0.253 e. The molecule has 0 aliphatic carbocycles. The number of thioether (sulfide) groups is 1. The van der Waals surface area contributed by atoms with Crippen molar-refractivity contribution in [3.8, 4) is 17.0 Å². The van der Waals surface area contributed by atoms with E-state index in [9.17, 15) is 5.11 Å². The average molecular weight is 258 g/mol. The van der Waals surface area contributed by atoms with Crippen molar-refractivity contribution in [1.29, 1.82) is 0 Å². The summed E-state index contributed by atoms with van der Waals surface area (Å²) in [7, 11) is 0. The van der Waals surface area contributed by atoms with E-state index in [0.717, 1.165) is 5.69 Å². The van der Waals surface area contributed by atoms with Crippen LogP contribution in [0.25, 0.3) is 17.0 Å². The number of para-hydroxylation sites is 1. The third-order valence-corrected chi connectivity index (χ3v) is 3.12. The highest BCUT2D eigenvalue weighted by atomic mass is 32.2. The number of fused-ring (bicyclic) bond motifs is 1. The van der Waals surface area contributed by atoms with Gasteiger partial charge in [-0.25, -0.2) is 4.98 Å². The zero-order valence-electron chi connectivity index (χ0n) is 9.61. The van der Waals surface area contributed by atoms with Crippen molar-refractivity contribution in [2.75, 3.05) is 6.26 Å². The number of aromatic nitrogens is 4. The number of phenolic OH excluding ortho intramolecular Hbond substituents is 1. The first-order valence-corrected chi connectivity index (χ1v) is 6.56. The second-order valence-corrected chi connectivity index (χ2v) is 4.43. The van der Waals surface area contributed by atoms with Gasteiger partial charge in [-0.15, -0.1) is 5.10 Å². The summed E-state index contributed by atoms with van der Waals surface area (Å²) in [6.07, 6.45) is 3.57. The predicted octanol–water partition coefficient (Wildman–Crippen LogP) is 2.22. The molecule has 2 aromatic heterocycles. The van der Waals surface area contributed by atoms with Gasteiger partial charge < -0.3 is 5.11 Å². The lowest BCUT2D eigenvalue weighted by atomic mass is 10.1. The van der Waals surface area contributed by atoms with Gasteiger partial charge in [-0.1, -0.05) is 23.9 Å². The van der Waals surface area contributed by atoms with Crippen molar-refractivity contribution in [3.05, 3.63) is 36.5 Å². The minimum atomic E-state index is 0.214. The van der Waals surface area contributed by atoms with Gasteiger partial charge in [-0.05, 0) is 24.5 Å². The van der Waals surface area contributed by atoms with Crippen molar-refractivity contribution in [2.24, 2.45) is 0 Å². The first-order valence-electron chi connectivity index (χ1n) is 5.34. The molecule has 0 saturated carbocycles. The van der Waals surface area contributed by atoms with Gasteiger partial charge in [0.1, 0.15) is 5.75 Å². The van der Waals surface area contributed by atoms with Crippen LogP contribution in [-0.4, -0.2) is 30.9 Å². The molecule has 1 aromatic carbocycles. The van der Waals surface area contributed by atoms with Crippen molar-refractivity contribution < 1.29 is 5.11 Å². The Morgan fingerprint density at radius 2 is 2.06 bits per heavy atom. The normalized spacial score (nSPS) is 10.9. The van der Waals surface area contributed by atoms with E-state index in [2.05, 4.69) is 15.1 Å². The van der Waals surface area contributed by atoms with E-state index in [1.54, 1.807) is 28.9 Å². The first-order chi connectivity index (χ1) is 8.79. The van der Waals surface area contributed by atoms with E-state index in [1.165, 1.54) is 11.8 Å². The molecule has 0 aliphatic heterocycles. The van der Waals surface area contributed by atoms with Crippen LogP contribution < -0.4 is 0 Å². The molecule has 0 fully saturated rings. The highest BCUT2D eigenvalue weighted by Gasteiger charge is 2.11. The lowest BCUT2D eigenvalue weighted by Gasteiger charge is -2.05. The summed E-state index contributed by atoms with van der Waals surface area (Å²) < 4.78 is 1.64. The van der Waals surface area contributed by atoms with Crippen LogP contribution in [0.2, 0.25) is 0 Å². The molecule has 1 N–H and O–H groups in total. The Labute approximate surface area is 108 Å². The van der Waals surface area contributed by atoms with E-state index in [0.29, 0.717) is 16.5 Å². The van der Waals surface area contributed by atoms with Crippen molar-refractivity contribution in [3.63, 3.8) is 0 Å². The first kappa shape index (κ1) is 11.0. The number of hydrogen-bond acceptors (Lipinski definition) is 5. The molecule has 0 atom stereocenters. The van der Waals surface area contributed by atoms with Gasteiger partial charge in [0.2, 0.25) is 5.16 Å².